The largest absolute Gasteiger partial charge is 0.497 e. The lowest BCUT2D eigenvalue weighted by molar-refractivity contribution is -0.121. The number of amides is 1. The van der Waals surface area contributed by atoms with Crippen molar-refractivity contribution >= 4 is 11.6 Å². The van der Waals surface area contributed by atoms with Gasteiger partial charge in [-0.25, -0.2) is 0 Å². The van der Waals surface area contributed by atoms with Crippen molar-refractivity contribution in [3.63, 3.8) is 0 Å². The summed E-state index contributed by atoms with van der Waals surface area (Å²) < 4.78 is 5.19. The minimum atomic E-state index is -0.627. The van der Waals surface area contributed by atoms with Gasteiger partial charge in [0.1, 0.15) is 5.75 Å². The molecule has 0 spiro atoms. The summed E-state index contributed by atoms with van der Waals surface area (Å²) in [7, 11) is 3.47. The molecule has 0 saturated heterocycles. The van der Waals surface area contributed by atoms with Gasteiger partial charge in [-0.3, -0.25) is 4.79 Å². The SMILES string of the molecule is COc1ccc([C@]2(C)C(=O)N(C)c3ccccc32)cc1. The lowest BCUT2D eigenvalue weighted by atomic mass is 9.77. The number of likely N-dealkylation sites (N-methyl/N-ethyl adjacent to an activating group) is 1. The standard InChI is InChI=1S/C17H17NO2/c1-17(12-8-10-13(20-3)11-9-12)14-6-4-5-7-15(14)18(2)16(17)19/h4-11H,1-3H3/t17-/m0/s1. The van der Waals surface area contributed by atoms with E-state index < -0.39 is 5.41 Å². The van der Waals surface area contributed by atoms with E-state index in [2.05, 4.69) is 0 Å². The van der Waals surface area contributed by atoms with E-state index in [4.69, 9.17) is 4.74 Å². The van der Waals surface area contributed by atoms with E-state index in [9.17, 15) is 4.79 Å². The molecule has 0 N–H and O–H groups in total. The Balaban J connectivity index is 2.17. The first-order valence-electron chi connectivity index (χ1n) is 6.61. The van der Waals surface area contributed by atoms with Crippen molar-refractivity contribution in [2.45, 2.75) is 12.3 Å². The van der Waals surface area contributed by atoms with Crippen LogP contribution in [0.25, 0.3) is 0 Å². The maximum atomic E-state index is 12.7. The molecule has 20 heavy (non-hydrogen) atoms. The number of hydrogen-bond donors (Lipinski definition) is 0. The maximum Gasteiger partial charge on any atom is 0.241 e. The summed E-state index contributed by atoms with van der Waals surface area (Å²) >= 11 is 0. The summed E-state index contributed by atoms with van der Waals surface area (Å²) in [5.74, 6) is 0.897. The van der Waals surface area contributed by atoms with Crippen LogP contribution < -0.4 is 9.64 Å². The van der Waals surface area contributed by atoms with Crippen LogP contribution in [0.2, 0.25) is 0 Å². The van der Waals surface area contributed by atoms with Crippen LogP contribution in [-0.4, -0.2) is 20.1 Å². The van der Waals surface area contributed by atoms with Crippen LogP contribution in [-0.2, 0) is 10.2 Å². The van der Waals surface area contributed by atoms with Gasteiger partial charge in [0.15, 0.2) is 0 Å². The average molecular weight is 267 g/mol. The number of fused-ring (bicyclic) bond motifs is 1. The van der Waals surface area contributed by atoms with Crippen LogP contribution in [0.4, 0.5) is 5.69 Å². The Hall–Kier alpha value is -2.29. The summed E-state index contributed by atoms with van der Waals surface area (Å²) in [6.07, 6.45) is 0. The minimum Gasteiger partial charge on any atom is -0.497 e. The van der Waals surface area contributed by atoms with Gasteiger partial charge in [-0.05, 0) is 36.2 Å². The molecular weight excluding hydrogens is 250 g/mol. The number of carbonyl (C=O) groups is 1. The van der Waals surface area contributed by atoms with E-state index in [1.165, 1.54) is 0 Å². The Kier molecular flexibility index (Phi) is 2.78. The number of carbonyl (C=O) groups excluding carboxylic acids is 1. The van der Waals surface area contributed by atoms with Crippen LogP contribution in [0.5, 0.6) is 5.75 Å². The molecule has 1 aliphatic heterocycles. The predicted molar refractivity (Wildman–Crippen MR) is 79.3 cm³/mol. The quantitative estimate of drug-likeness (QED) is 0.837. The number of ether oxygens (including phenoxy) is 1. The van der Waals surface area contributed by atoms with Crippen molar-refractivity contribution in [2.75, 3.05) is 19.1 Å². The van der Waals surface area contributed by atoms with Gasteiger partial charge < -0.3 is 9.64 Å². The number of nitrogens with zero attached hydrogens (tertiary/aromatic N) is 1. The molecule has 0 radical (unpaired) electrons. The highest BCUT2D eigenvalue weighted by Gasteiger charge is 2.46. The van der Waals surface area contributed by atoms with Crippen molar-refractivity contribution in [3.8, 4) is 5.75 Å². The number of benzene rings is 2. The molecule has 3 rings (SSSR count). The molecule has 1 aliphatic rings. The summed E-state index contributed by atoms with van der Waals surface area (Å²) in [6, 6.07) is 15.7. The summed E-state index contributed by atoms with van der Waals surface area (Å²) in [5, 5.41) is 0. The summed E-state index contributed by atoms with van der Waals surface area (Å²) in [5.41, 5.74) is 2.39. The highest BCUT2D eigenvalue weighted by molar-refractivity contribution is 6.09. The zero-order valence-corrected chi connectivity index (χ0v) is 11.9. The van der Waals surface area contributed by atoms with Crippen molar-refractivity contribution < 1.29 is 9.53 Å². The summed E-state index contributed by atoms with van der Waals surface area (Å²) in [4.78, 5) is 14.5. The fraction of sp³-hybridized carbons (Fsp3) is 0.235. The monoisotopic (exact) mass is 267 g/mol. The van der Waals surface area contributed by atoms with Crippen molar-refractivity contribution in [1.82, 2.24) is 0 Å². The molecule has 0 aliphatic carbocycles. The normalized spacial score (nSPS) is 20.9. The zero-order valence-electron chi connectivity index (χ0n) is 11.9. The van der Waals surface area contributed by atoms with Crippen LogP contribution in [0.3, 0.4) is 0 Å². The zero-order chi connectivity index (χ0) is 14.3. The fourth-order valence-corrected chi connectivity index (χ4v) is 2.95. The molecule has 102 valence electrons. The van der Waals surface area contributed by atoms with Crippen LogP contribution in [0.1, 0.15) is 18.1 Å². The van der Waals surface area contributed by atoms with Crippen molar-refractivity contribution in [1.29, 1.82) is 0 Å². The third kappa shape index (κ3) is 1.56. The number of methoxy groups -OCH3 is 1. The van der Waals surface area contributed by atoms with E-state index in [-0.39, 0.29) is 5.91 Å². The van der Waals surface area contributed by atoms with E-state index in [1.54, 1.807) is 12.0 Å². The van der Waals surface area contributed by atoms with Gasteiger partial charge in [-0.15, -0.1) is 0 Å². The van der Waals surface area contributed by atoms with Gasteiger partial charge in [-0.1, -0.05) is 30.3 Å². The Bertz CT molecular complexity index is 663. The Morgan fingerprint density at radius 1 is 1.05 bits per heavy atom. The molecule has 0 saturated carbocycles. The molecule has 3 nitrogen and oxygen atoms in total. The van der Waals surface area contributed by atoms with Gasteiger partial charge in [-0.2, -0.15) is 0 Å². The molecule has 1 amide bonds. The lowest BCUT2D eigenvalue weighted by Gasteiger charge is -2.24. The molecule has 0 unspecified atom stereocenters. The third-order valence-electron chi connectivity index (χ3n) is 4.20. The Labute approximate surface area is 118 Å². The molecule has 1 atom stereocenters. The smallest absolute Gasteiger partial charge is 0.241 e. The van der Waals surface area contributed by atoms with Gasteiger partial charge >= 0.3 is 0 Å². The van der Waals surface area contributed by atoms with Crippen molar-refractivity contribution in [2.24, 2.45) is 0 Å². The van der Waals surface area contributed by atoms with Gasteiger partial charge in [0.2, 0.25) is 5.91 Å². The second-order valence-corrected chi connectivity index (χ2v) is 5.23. The molecular formula is C17H17NO2. The van der Waals surface area contributed by atoms with E-state index in [0.29, 0.717) is 0 Å². The molecule has 2 aromatic carbocycles. The van der Waals surface area contributed by atoms with Crippen molar-refractivity contribution in [3.05, 3.63) is 59.7 Å². The number of para-hydroxylation sites is 1. The first-order chi connectivity index (χ1) is 9.59. The van der Waals surface area contributed by atoms with E-state index >= 15 is 0 Å². The number of rotatable bonds is 2. The average Bonchev–Trinajstić information content (AvgIpc) is 2.71. The van der Waals surface area contributed by atoms with Crippen LogP contribution >= 0.6 is 0 Å². The van der Waals surface area contributed by atoms with Crippen LogP contribution in [0, 0.1) is 0 Å². The van der Waals surface area contributed by atoms with E-state index in [1.807, 2.05) is 62.5 Å². The molecule has 0 fully saturated rings. The third-order valence-corrected chi connectivity index (χ3v) is 4.20. The molecule has 3 heteroatoms. The topological polar surface area (TPSA) is 29.5 Å². The predicted octanol–water partition coefficient (Wildman–Crippen LogP) is 2.98. The highest BCUT2D eigenvalue weighted by Crippen LogP contribution is 2.45. The van der Waals surface area contributed by atoms with E-state index in [0.717, 1.165) is 22.6 Å². The van der Waals surface area contributed by atoms with Crippen LogP contribution in [0.15, 0.2) is 48.5 Å². The Morgan fingerprint density at radius 2 is 1.70 bits per heavy atom. The number of anilines is 1. The second kappa shape index (κ2) is 4.37. The van der Waals surface area contributed by atoms with Gasteiger partial charge in [0, 0.05) is 12.7 Å². The fourth-order valence-electron chi connectivity index (χ4n) is 2.95. The Morgan fingerprint density at radius 3 is 2.35 bits per heavy atom. The first kappa shape index (κ1) is 12.7. The maximum absolute atomic E-state index is 12.7. The lowest BCUT2D eigenvalue weighted by Crippen LogP contribution is -2.36. The highest BCUT2D eigenvalue weighted by atomic mass is 16.5. The van der Waals surface area contributed by atoms with Gasteiger partial charge in [0.05, 0.1) is 12.5 Å². The second-order valence-electron chi connectivity index (χ2n) is 5.23. The molecule has 0 aromatic heterocycles. The van der Waals surface area contributed by atoms with Gasteiger partial charge in [0.25, 0.3) is 0 Å². The number of hydrogen-bond acceptors (Lipinski definition) is 2. The minimum absolute atomic E-state index is 0.101. The first-order valence-corrected chi connectivity index (χ1v) is 6.61. The molecule has 2 aromatic rings. The molecule has 0 bridgehead atoms. The summed E-state index contributed by atoms with van der Waals surface area (Å²) in [6.45, 7) is 1.99. The molecule has 1 heterocycles.